The number of fused-ring (bicyclic) bond motifs is 1. The smallest absolute Gasteiger partial charge is 0.244 e. The van der Waals surface area contributed by atoms with E-state index in [1.54, 1.807) is 0 Å². The van der Waals surface area contributed by atoms with Crippen molar-refractivity contribution in [3.05, 3.63) is 63.7 Å². The first kappa shape index (κ1) is 14.4. The second-order valence-corrected chi connectivity index (χ2v) is 6.44. The number of halogens is 2. The van der Waals surface area contributed by atoms with Crippen LogP contribution < -0.4 is 5.32 Å². The molecule has 0 aliphatic rings. The number of anilines is 1. The van der Waals surface area contributed by atoms with Crippen molar-refractivity contribution in [1.29, 1.82) is 0 Å². The molecule has 0 fully saturated rings. The van der Waals surface area contributed by atoms with Crippen LogP contribution in [0.2, 0.25) is 0 Å². The Morgan fingerprint density at radius 3 is 2.71 bits per heavy atom. The number of amides is 1. The van der Waals surface area contributed by atoms with Crippen molar-refractivity contribution < 1.29 is 4.79 Å². The number of nitrogens with one attached hydrogen (secondary N) is 1. The SMILES string of the molecule is O=C(Cn1ccc2cc(Br)ccc21)Nc1ccccc1Br. The minimum atomic E-state index is -0.0534. The lowest BCUT2D eigenvalue weighted by molar-refractivity contribution is -0.116. The molecule has 0 saturated carbocycles. The van der Waals surface area contributed by atoms with Gasteiger partial charge in [0, 0.05) is 26.0 Å². The van der Waals surface area contributed by atoms with Gasteiger partial charge < -0.3 is 9.88 Å². The molecule has 1 heterocycles. The van der Waals surface area contributed by atoms with Gasteiger partial charge in [-0.15, -0.1) is 0 Å². The summed E-state index contributed by atoms with van der Waals surface area (Å²) in [6.07, 6.45) is 1.93. The third kappa shape index (κ3) is 3.19. The van der Waals surface area contributed by atoms with Gasteiger partial charge in [-0.25, -0.2) is 0 Å². The summed E-state index contributed by atoms with van der Waals surface area (Å²) >= 11 is 6.87. The number of hydrogen-bond acceptors (Lipinski definition) is 1. The molecule has 2 aromatic carbocycles. The second-order valence-electron chi connectivity index (χ2n) is 4.67. The summed E-state index contributed by atoms with van der Waals surface area (Å²) < 4.78 is 3.85. The summed E-state index contributed by atoms with van der Waals surface area (Å²) in [4.78, 5) is 12.2. The van der Waals surface area contributed by atoms with Gasteiger partial charge in [-0.1, -0.05) is 28.1 Å². The van der Waals surface area contributed by atoms with E-state index in [0.717, 1.165) is 25.5 Å². The number of hydrogen-bond donors (Lipinski definition) is 1. The highest BCUT2D eigenvalue weighted by Gasteiger charge is 2.08. The molecule has 21 heavy (non-hydrogen) atoms. The fourth-order valence-electron chi connectivity index (χ4n) is 2.22. The van der Waals surface area contributed by atoms with Crippen LogP contribution in [0.15, 0.2) is 63.7 Å². The third-order valence-electron chi connectivity index (χ3n) is 3.19. The van der Waals surface area contributed by atoms with Gasteiger partial charge in [0.2, 0.25) is 5.91 Å². The van der Waals surface area contributed by atoms with Crippen molar-refractivity contribution in [2.45, 2.75) is 6.54 Å². The Labute approximate surface area is 139 Å². The van der Waals surface area contributed by atoms with Crippen LogP contribution in [0.5, 0.6) is 0 Å². The van der Waals surface area contributed by atoms with Gasteiger partial charge in [0.25, 0.3) is 0 Å². The molecule has 3 nitrogen and oxygen atoms in total. The Kier molecular flexibility index (Phi) is 4.12. The molecular weight excluding hydrogens is 396 g/mol. The number of para-hydroxylation sites is 1. The largest absolute Gasteiger partial charge is 0.338 e. The first-order chi connectivity index (χ1) is 10.1. The summed E-state index contributed by atoms with van der Waals surface area (Å²) in [5, 5.41) is 4.02. The normalized spacial score (nSPS) is 10.8. The molecule has 3 aromatic rings. The predicted molar refractivity (Wildman–Crippen MR) is 92.4 cm³/mol. The van der Waals surface area contributed by atoms with Gasteiger partial charge in [-0.05, 0) is 52.3 Å². The van der Waals surface area contributed by atoms with Crippen LogP contribution in [0, 0.1) is 0 Å². The first-order valence-electron chi connectivity index (χ1n) is 6.42. The van der Waals surface area contributed by atoms with E-state index in [9.17, 15) is 4.79 Å². The standard InChI is InChI=1S/C16H12Br2N2O/c17-12-5-6-15-11(9-12)7-8-20(15)10-16(21)19-14-4-2-1-3-13(14)18/h1-9H,10H2,(H,19,21). The van der Waals surface area contributed by atoms with Gasteiger partial charge >= 0.3 is 0 Å². The Hall–Kier alpha value is -1.59. The molecule has 0 unspecified atom stereocenters. The topological polar surface area (TPSA) is 34.0 Å². The number of benzene rings is 2. The fraction of sp³-hybridized carbons (Fsp3) is 0.0625. The van der Waals surface area contributed by atoms with Crippen LogP contribution in [-0.2, 0) is 11.3 Å². The van der Waals surface area contributed by atoms with Gasteiger partial charge in [0.1, 0.15) is 6.54 Å². The van der Waals surface area contributed by atoms with Crippen molar-refractivity contribution in [3.8, 4) is 0 Å². The highest BCUT2D eigenvalue weighted by molar-refractivity contribution is 9.10. The highest BCUT2D eigenvalue weighted by Crippen LogP contribution is 2.23. The lowest BCUT2D eigenvalue weighted by atomic mass is 10.2. The molecule has 0 aliphatic carbocycles. The van der Waals surface area contributed by atoms with Gasteiger partial charge in [-0.3, -0.25) is 4.79 Å². The number of aromatic nitrogens is 1. The van der Waals surface area contributed by atoms with Crippen LogP contribution in [0.1, 0.15) is 0 Å². The molecule has 0 radical (unpaired) electrons. The lowest BCUT2D eigenvalue weighted by Crippen LogP contribution is -2.18. The molecular formula is C16H12Br2N2O. The van der Waals surface area contributed by atoms with Crippen LogP contribution >= 0.6 is 31.9 Å². The van der Waals surface area contributed by atoms with Crippen molar-refractivity contribution in [2.24, 2.45) is 0 Å². The van der Waals surface area contributed by atoms with E-state index in [2.05, 4.69) is 37.2 Å². The number of carbonyl (C=O) groups excluding carboxylic acids is 1. The molecule has 1 N–H and O–H groups in total. The Morgan fingerprint density at radius 1 is 1.10 bits per heavy atom. The summed E-state index contributed by atoms with van der Waals surface area (Å²) in [6.45, 7) is 0.284. The Morgan fingerprint density at radius 2 is 1.90 bits per heavy atom. The summed E-state index contributed by atoms with van der Waals surface area (Å²) in [7, 11) is 0. The zero-order valence-electron chi connectivity index (χ0n) is 11.0. The van der Waals surface area contributed by atoms with Crippen molar-refractivity contribution in [1.82, 2.24) is 4.57 Å². The maximum Gasteiger partial charge on any atom is 0.244 e. The molecule has 0 saturated heterocycles. The predicted octanol–water partition coefficient (Wildman–Crippen LogP) is 4.81. The van der Waals surface area contributed by atoms with Gasteiger partial charge in [-0.2, -0.15) is 0 Å². The molecule has 0 atom stereocenters. The van der Waals surface area contributed by atoms with E-state index in [1.807, 2.05) is 59.3 Å². The average Bonchev–Trinajstić information content (AvgIpc) is 2.83. The third-order valence-corrected chi connectivity index (χ3v) is 4.38. The average molecular weight is 408 g/mol. The monoisotopic (exact) mass is 406 g/mol. The maximum absolute atomic E-state index is 12.2. The molecule has 0 aliphatic heterocycles. The number of rotatable bonds is 3. The zero-order valence-corrected chi connectivity index (χ0v) is 14.2. The highest BCUT2D eigenvalue weighted by atomic mass is 79.9. The van der Waals surface area contributed by atoms with E-state index < -0.39 is 0 Å². The van der Waals surface area contributed by atoms with E-state index in [1.165, 1.54) is 0 Å². The summed E-state index contributed by atoms with van der Waals surface area (Å²) in [5.74, 6) is -0.0534. The van der Waals surface area contributed by atoms with E-state index in [0.29, 0.717) is 0 Å². The molecule has 0 spiro atoms. The quantitative estimate of drug-likeness (QED) is 0.664. The molecule has 3 rings (SSSR count). The van der Waals surface area contributed by atoms with Crippen molar-refractivity contribution >= 4 is 54.4 Å². The van der Waals surface area contributed by atoms with Crippen LogP contribution in [0.3, 0.4) is 0 Å². The van der Waals surface area contributed by atoms with Crippen molar-refractivity contribution in [2.75, 3.05) is 5.32 Å². The number of nitrogens with zero attached hydrogens (tertiary/aromatic N) is 1. The summed E-state index contributed by atoms with van der Waals surface area (Å²) in [6, 6.07) is 15.6. The van der Waals surface area contributed by atoms with Crippen LogP contribution in [0.25, 0.3) is 10.9 Å². The van der Waals surface area contributed by atoms with Crippen LogP contribution in [0.4, 0.5) is 5.69 Å². The second kappa shape index (κ2) is 6.03. The molecule has 1 amide bonds. The van der Waals surface area contributed by atoms with Gasteiger partial charge in [0.05, 0.1) is 5.69 Å². The molecule has 106 valence electrons. The minimum absolute atomic E-state index is 0.0534. The van der Waals surface area contributed by atoms with E-state index in [4.69, 9.17) is 0 Å². The molecule has 0 bridgehead atoms. The van der Waals surface area contributed by atoms with Gasteiger partial charge in [0.15, 0.2) is 0 Å². The Bertz CT molecular complexity index is 811. The summed E-state index contributed by atoms with van der Waals surface area (Å²) in [5.41, 5.74) is 1.82. The Balaban J connectivity index is 1.79. The minimum Gasteiger partial charge on any atom is -0.338 e. The van der Waals surface area contributed by atoms with E-state index in [-0.39, 0.29) is 12.5 Å². The number of carbonyl (C=O) groups is 1. The first-order valence-corrected chi connectivity index (χ1v) is 8.01. The van der Waals surface area contributed by atoms with Crippen molar-refractivity contribution in [3.63, 3.8) is 0 Å². The molecule has 5 heteroatoms. The van der Waals surface area contributed by atoms with Crippen LogP contribution in [-0.4, -0.2) is 10.5 Å². The fourth-order valence-corrected chi connectivity index (χ4v) is 2.98. The molecule has 1 aromatic heterocycles. The zero-order chi connectivity index (χ0) is 14.8. The maximum atomic E-state index is 12.2. The van der Waals surface area contributed by atoms with E-state index >= 15 is 0 Å². The lowest BCUT2D eigenvalue weighted by Gasteiger charge is -2.09.